The molecule has 2 aromatic carbocycles. The fourth-order valence-electron chi connectivity index (χ4n) is 4.16. The number of likely N-dealkylation sites (N-methyl/N-ethyl adjacent to an activating group) is 1. The lowest BCUT2D eigenvalue weighted by molar-refractivity contribution is -0.139. The third-order valence-electron chi connectivity index (χ3n) is 6.37. The molecule has 0 atom stereocenters. The van der Waals surface area contributed by atoms with Gasteiger partial charge in [0.15, 0.2) is 0 Å². The summed E-state index contributed by atoms with van der Waals surface area (Å²) in [5.74, 6) is 4.23. The summed E-state index contributed by atoms with van der Waals surface area (Å²) in [5.41, 5.74) is 3.22. The minimum atomic E-state index is -4.80. The van der Waals surface area contributed by atoms with Crippen molar-refractivity contribution in [2.24, 2.45) is 0 Å². The van der Waals surface area contributed by atoms with Crippen LogP contribution in [-0.4, -0.2) is 53.9 Å². The SMILES string of the molecule is CN1CCN(Cc2ccc(NC(=O)c3cc(C#Cc4cccnc4N)cc(C(F)(F)F)c3)cc2C(F)(F)F)CC1. The van der Waals surface area contributed by atoms with Crippen LogP contribution in [0.1, 0.15) is 38.2 Å². The Kier molecular flexibility index (Phi) is 8.37. The van der Waals surface area contributed by atoms with Crippen molar-refractivity contribution < 1.29 is 31.1 Å². The van der Waals surface area contributed by atoms with E-state index >= 15 is 0 Å². The highest BCUT2D eigenvalue weighted by atomic mass is 19.4. The van der Waals surface area contributed by atoms with Crippen LogP contribution in [0.3, 0.4) is 0 Å². The van der Waals surface area contributed by atoms with E-state index in [4.69, 9.17) is 5.73 Å². The Balaban J connectivity index is 1.61. The number of hydrogen-bond donors (Lipinski definition) is 2. The Labute approximate surface area is 226 Å². The molecule has 12 heteroatoms. The van der Waals surface area contributed by atoms with Crippen LogP contribution in [0.2, 0.25) is 0 Å². The number of pyridine rings is 1. The first-order valence-electron chi connectivity index (χ1n) is 12.2. The van der Waals surface area contributed by atoms with E-state index in [0.717, 1.165) is 31.3 Å². The fourth-order valence-corrected chi connectivity index (χ4v) is 4.16. The van der Waals surface area contributed by atoms with Gasteiger partial charge in [-0.15, -0.1) is 0 Å². The third-order valence-corrected chi connectivity index (χ3v) is 6.37. The van der Waals surface area contributed by atoms with Gasteiger partial charge in [0.2, 0.25) is 0 Å². The lowest BCUT2D eigenvalue weighted by Gasteiger charge is -2.33. The van der Waals surface area contributed by atoms with Gasteiger partial charge in [-0.2, -0.15) is 26.3 Å². The van der Waals surface area contributed by atoms with Gasteiger partial charge in [-0.05, 0) is 55.1 Å². The molecule has 40 heavy (non-hydrogen) atoms. The molecule has 1 saturated heterocycles. The second-order valence-corrected chi connectivity index (χ2v) is 9.39. The van der Waals surface area contributed by atoms with E-state index in [-0.39, 0.29) is 34.7 Å². The van der Waals surface area contributed by atoms with Crippen molar-refractivity contribution in [2.75, 3.05) is 44.3 Å². The Morgan fingerprint density at radius 2 is 1.70 bits per heavy atom. The number of carbonyl (C=O) groups is 1. The number of alkyl halides is 6. The van der Waals surface area contributed by atoms with E-state index in [1.165, 1.54) is 24.4 Å². The van der Waals surface area contributed by atoms with Gasteiger partial charge >= 0.3 is 12.4 Å². The molecule has 0 saturated carbocycles. The number of nitrogens with one attached hydrogen (secondary N) is 1. The van der Waals surface area contributed by atoms with Crippen molar-refractivity contribution in [3.8, 4) is 11.8 Å². The minimum Gasteiger partial charge on any atom is -0.383 e. The number of benzene rings is 2. The van der Waals surface area contributed by atoms with E-state index < -0.39 is 35.0 Å². The molecule has 3 N–H and O–H groups in total. The van der Waals surface area contributed by atoms with Gasteiger partial charge in [-0.3, -0.25) is 9.69 Å². The fraction of sp³-hybridized carbons (Fsp3) is 0.286. The van der Waals surface area contributed by atoms with E-state index in [2.05, 4.69) is 27.0 Å². The first-order valence-corrected chi connectivity index (χ1v) is 12.2. The second kappa shape index (κ2) is 11.6. The van der Waals surface area contributed by atoms with E-state index in [1.54, 1.807) is 6.07 Å². The van der Waals surface area contributed by atoms with Crippen molar-refractivity contribution in [1.29, 1.82) is 0 Å². The maximum Gasteiger partial charge on any atom is 0.416 e. The van der Waals surface area contributed by atoms with Gasteiger partial charge in [0, 0.05) is 55.7 Å². The van der Waals surface area contributed by atoms with Gasteiger partial charge in [-0.1, -0.05) is 17.9 Å². The van der Waals surface area contributed by atoms with Crippen LogP contribution in [0.15, 0.2) is 54.7 Å². The number of amides is 1. The highest BCUT2D eigenvalue weighted by Gasteiger charge is 2.35. The van der Waals surface area contributed by atoms with Gasteiger partial charge < -0.3 is 16.0 Å². The van der Waals surface area contributed by atoms with Crippen LogP contribution < -0.4 is 11.1 Å². The number of piperazine rings is 1. The summed E-state index contributed by atoms with van der Waals surface area (Å²) < 4.78 is 82.4. The van der Waals surface area contributed by atoms with Gasteiger partial charge in [0.1, 0.15) is 5.82 Å². The molecule has 6 nitrogen and oxygen atoms in total. The minimum absolute atomic E-state index is 0.0429. The standard InChI is InChI=1S/C28H25F6N5O/c1-38-9-11-39(12-10-38)17-20-6-7-23(16-24(20)28(32,33)34)37-26(40)21-13-18(14-22(15-21)27(29,30)31)4-5-19-3-2-8-36-25(19)35/h2-3,6-8,13-16H,9-12,17H2,1H3,(H2,35,36)(H,37,40). The first kappa shape index (κ1) is 28.9. The Morgan fingerprint density at radius 3 is 2.35 bits per heavy atom. The van der Waals surface area contributed by atoms with Crippen molar-refractivity contribution >= 4 is 17.4 Å². The number of nitrogen functional groups attached to an aromatic ring is 1. The Morgan fingerprint density at radius 1 is 0.975 bits per heavy atom. The average Bonchev–Trinajstić information content (AvgIpc) is 2.89. The molecule has 1 fully saturated rings. The van der Waals surface area contributed by atoms with Crippen molar-refractivity contribution in [1.82, 2.24) is 14.8 Å². The number of aromatic nitrogens is 1. The van der Waals surface area contributed by atoms with Crippen LogP contribution in [0.4, 0.5) is 37.8 Å². The van der Waals surface area contributed by atoms with Crippen LogP contribution >= 0.6 is 0 Å². The lowest BCUT2D eigenvalue weighted by atomic mass is 10.0. The lowest BCUT2D eigenvalue weighted by Crippen LogP contribution is -2.44. The number of anilines is 2. The molecule has 1 amide bonds. The molecule has 0 aliphatic carbocycles. The molecule has 0 unspecified atom stereocenters. The maximum absolute atomic E-state index is 13.9. The summed E-state index contributed by atoms with van der Waals surface area (Å²) in [5, 5.41) is 2.29. The number of carbonyl (C=O) groups excluding carboxylic acids is 1. The molecule has 1 aliphatic heterocycles. The summed E-state index contributed by atoms with van der Waals surface area (Å²) in [7, 11) is 1.94. The smallest absolute Gasteiger partial charge is 0.383 e. The van der Waals surface area contributed by atoms with Gasteiger partial charge in [0.25, 0.3) is 5.91 Å². The predicted octanol–water partition coefficient (Wildman–Crippen LogP) is 5.10. The molecule has 3 aromatic rings. The monoisotopic (exact) mass is 561 g/mol. The highest BCUT2D eigenvalue weighted by molar-refractivity contribution is 6.04. The topological polar surface area (TPSA) is 74.5 Å². The third kappa shape index (κ3) is 7.31. The zero-order valence-corrected chi connectivity index (χ0v) is 21.3. The molecule has 1 aliphatic rings. The largest absolute Gasteiger partial charge is 0.416 e. The molecule has 210 valence electrons. The van der Waals surface area contributed by atoms with E-state index in [1.807, 2.05) is 11.9 Å². The van der Waals surface area contributed by atoms with E-state index in [0.29, 0.717) is 19.2 Å². The molecular weight excluding hydrogens is 536 g/mol. The molecule has 0 spiro atoms. The molecule has 4 rings (SSSR count). The van der Waals surface area contributed by atoms with Crippen LogP contribution in [-0.2, 0) is 18.9 Å². The first-order chi connectivity index (χ1) is 18.8. The number of rotatable bonds is 4. The predicted molar refractivity (Wildman–Crippen MR) is 138 cm³/mol. The molecule has 0 bridgehead atoms. The highest BCUT2D eigenvalue weighted by Crippen LogP contribution is 2.35. The number of hydrogen-bond acceptors (Lipinski definition) is 5. The Bertz CT molecular complexity index is 1450. The van der Waals surface area contributed by atoms with Crippen LogP contribution in [0, 0.1) is 11.8 Å². The number of halogens is 6. The van der Waals surface area contributed by atoms with Gasteiger partial charge in [-0.25, -0.2) is 4.98 Å². The van der Waals surface area contributed by atoms with Crippen LogP contribution in [0.5, 0.6) is 0 Å². The number of nitrogens with two attached hydrogens (primary N) is 1. The molecule has 2 heterocycles. The summed E-state index contributed by atoms with van der Waals surface area (Å²) in [4.78, 5) is 20.8. The summed E-state index contributed by atoms with van der Waals surface area (Å²) in [6.07, 6.45) is -8.07. The summed E-state index contributed by atoms with van der Waals surface area (Å²) in [6, 6.07) is 8.96. The maximum atomic E-state index is 13.9. The molecule has 0 radical (unpaired) electrons. The quantitative estimate of drug-likeness (QED) is 0.343. The van der Waals surface area contributed by atoms with Crippen molar-refractivity contribution in [3.05, 3.63) is 88.1 Å². The zero-order valence-electron chi connectivity index (χ0n) is 21.3. The number of nitrogens with zero attached hydrogens (tertiary/aromatic N) is 3. The average molecular weight is 562 g/mol. The van der Waals surface area contributed by atoms with Crippen LogP contribution in [0.25, 0.3) is 0 Å². The van der Waals surface area contributed by atoms with E-state index in [9.17, 15) is 31.1 Å². The zero-order chi connectivity index (χ0) is 29.1. The summed E-state index contributed by atoms with van der Waals surface area (Å²) in [6.45, 7) is 2.76. The Hall–Kier alpha value is -4.08. The molecule has 1 aromatic heterocycles. The van der Waals surface area contributed by atoms with Crippen molar-refractivity contribution in [2.45, 2.75) is 18.9 Å². The molecular formula is C28H25F6N5O. The second-order valence-electron chi connectivity index (χ2n) is 9.39. The summed E-state index contributed by atoms with van der Waals surface area (Å²) >= 11 is 0. The van der Waals surface area contributed by atoms with Crippen molar-refractivity contribution in [3.63, 3.8) is 0 Å². The normalized spacial score (nSPS) is 14.9. The van der Waals surface area contributed by atoms with Gasteiger partial charge in [0.05, 0.1) is 16.7 Å².